The minimum atomic E-state index is -0.995. The number of carbonyl (C=O) groups excluding carboxylic acids is 1. The van der Waals surface area contributed by atoms with Crippen LogP contribution in [0.4, 0.5) is 10.5 Å². The molecule has 1 aromatic carbocycles. The van der Waals surface area contributed by atoms with Crippen molar-refractivity contribution in [1.29, 1.82) is 0 Å². The van der Waals surface area contributed by atoms with Crippen LogP contribution in [0.1, 0.15) is 49.0 Å². The van der Waals surface area contributed by atoms with Crippen molar-refractivity contribution < 1.29 is 14.7 Å². The Morgan fingerprint density at radius 2 is 1.95 bits per heavy atom. The zero-order chi connectivity index (χ0) is 15.8. The van der Waals surface area contributed by atoms with Crippen LogP contribution < -0.4 is 10.6 Å². The van der Waals surface area contributed by atoms with Crippen LogP contribution in [0.2, 0.25) is 0 Å². The molecule has 2 amide bonds. The molecule has 0 atom stereocenters. The summed E-state index contributed by atoms with van der Waals surface area (Å²) in [5.41, 5.74) is 1.35. The first-order chi connectivity index (χ1) is 9.90. The molecule has 0 aromatic heterocycles. The Hall–Kier alpha value is -2.04. The number of anilines is 1. The van der Waals surface area contributed by atoms with Gasteiger partial charge in [0, 0.05) is 12.2 Å². The van der Waals surface area contributed by atoms with Crippen LogP contribution in [0, 0.1) is 12.8 Å². The molecular weight excluding hydrogens is 268 g/mol. The van der Waals surface area contributed by atoms with E-state index in [0.717, 1.165) is 19.3 Å². The Balaban J connectivity index is 2.41. The van der Waals surface area contributed by atoms with Crippen molar-refractivity contribution in [3.8, 4) is 0 Å². The predicted octanol–water partition coefficient (Wildman–Crippen LogP) is 3.64. The topological polar surface area (TPSA) is 78.4 Å². The number of hydrogen-bond donors (Lipinski definition) is 3. The Morgan fingerprint density at radius 1 is 1.24 bits per heavy atom. The number of benzene rings is 1. The van der Waals surface area contributed by atoms with Gasteiger partial charge in [-0.3, -0.25) is 0 Å². The molecule has 0 aliphatic carbocycles. The van der Waals surface area contributed by atoms with Crippen molar-refractivity contribution in [1.82, 2.24) is 5.32 Å². The molecule has 0 radical (unpaired) electrons. The molecule has 0 saturated carbocycles. The highest BCUT2D eigenvalue weighted by atomic mass is 16.4. The zero-order valence-electron chi connectivity index (χ0n) is 12.9. The third-order valence-corrected chi connectivity index (χ3v) is 3.22. The first-order valence-corrected chi connectivity index (χ1v) is 7.29. The van der Waals surface area contributed by atoms with Crippen LogP contribution in [0.5, 0.6) is 0 Å². The Labute approximate surface area is 125 Å². The molecule has 0 heterocycles. The summed E-state index contributed by atoms with van der Waals surface area (Å²) in [7, 11) is 0. The maximum absolute atomic E-state index is 11.7. The number of unbranched alkanes of at least 4 members (excludes halogenated alkanes) is 1. The van der Waals surface area contributed by atoms with E-state index in [4.69, 9.17) is 5.11 Å². The van der Waals surface area contributed by atoms with E-state index in [0.29, 0.717) is 23.7 Å². The molecule has 5 nitrogen and oxygen atoms in total. The summed E-state index contributed by atoms with van der Waals surface area (Å²) in [5.74, 6) is -0.314. The maximum atomic E-state index is 11.7. The highest BCUT2D eigenvalue weighted by Gasteiger charge is 2.09. The van der Waals surface area contributed by atoms with E-state index in [-0.39, 0.29) is 11.6 Å². The van der Waals surface area contributed by atoms with Gasteiger partial charge in [0.25, 0.3) is 0 Å². The van der Waals surface area contributed by atoms with Gasteiger partial charge in [0.05, 0.1) is 5.56 Å². The van der Waals surface area contributed by atoms with Gasteiger partial charge in [0.2, 0.25) is 0 Å². The molecule has 21 heavy (non-hydrogen) atoms. The molecule has 0 unspecified atom stereocenters. The standard InChI is InChI=1S/C16H24N2O3/c1-11(2)6-4-5-9-17-16(21)18-13-8-7-12(3)14(10-13)15(19)20/h7-8,10-11H,4-6,9H2,1-3H3,(H,19,20)(H2,17,18,21). The van der Waals surface area contributed by atoms with Crippen LogP contribution in [-0.4, -0.2) is 23.7 Å². The minimum Gasteiger partial charge on any atom is -0.478 e. The number of aryl methyl sites for hydroxylation is 1. The summed E-state index contributed by atoms with van der Waals surface area (Å²) in [6.07, 6.45) is 3.19. The van der Waals surface area contributed by atoms with Crippen LogP contribution in [0.3, 0.4) is 0 Å². The molecule has 116 valence electrons. The van der Waals surface area contributed by atoms with Crippen molar-refractivity contribution in [2.75, 3.05) is 11.9 Å². The molecule has 0 spiro atoms. The van der Waals surface area contributed by atoms with Crippen molar-refractivity contribution in [3.05, 3.63) is 29.3 Å². The van der Waals surface area contributed by atoms with Gasteiger partial charge in [0.15, 0.2) is 0 Å². The van der Waals surface area contributed by atoms with Gasteiger partial charge in [-0.1, -0.05) is 32.8 Å². The van der Waals surface area contributed by atoms with Crippen molar-refractivity contribution in [2.45, 2.75) is 40.0 Å². The number of aromatic carboxylic acids is 1. The number of carboxylic acids is 1. The fourth-order valence-corrected chi connectivity index (χ4v) is 1.98. The van der Waals surface area contributed by atoms with E-state index in [1.807, 2.05) is 0 Å². The highest BCUT2D eigenvalue weighted by molar-refractivity contribution is 5.94. The largest absolute Gasteiger partial charge is 0.478 e. The molecule has 1 rings (SSSR count). The third-order valence-electron chi connectivity index (χ3n) is 3.22. The van der Waals surface area contributed by atoms with E-state index in [2.05, 4.69) is 24.5 Å². The van der Waals surface area contributed by atoms with Gasteiger partial charge in [-0.2, -0.15) is 0 Å². The number of hydrogen-bond acceptors (Lipinski definition) is 2. The SMILES string of the molecule is Cc1ccc(NC(=O)NCCCCC(C)C)cc1C(=O)O. The number of nitrogens with one attached hydrogen (secondary N) is 2. The predicted molar refractivity (Wildman–Crippen MR) is 83.8 cm³/mol. The Kier molecular flexibility index (Phi) is 6.72. The maximum Gasteiger partial charge on any atom is 0.336 e. The van der Waals surface area contributed by atoms with Crippen molar-refractivity contribution >= 4 is 17.7 Å². The summed E-state index contributed by atoms with van der Waals surface area (Å²) in [5, 5.41) is 14.5. The van der Waals surface area contributed by atoms with Crippen molar-refractivity contribution in [3.63, 3.8) is 0 Å². The van der Waals surface area contributed by atoms with E-state index < -0.39 is 5.97 Å². The smallest absolute Gasteiger partial charge is 0.336 e. The molecule has 1 aromatic rings. The molecule has 5 heteroatoms. The average molecular weight is 292 g/mol. The number of urea groups is 1. The van der Waals surface area contributed by atoms with Crippen LogP contribution in [-0.2, 0) is 0 Å². The van der Waals surface area contributed by atoms with E-state index in [1.54, 1.807) is 19.1 Å². The lowest BCUT2D eigenvalue weighted by Gasteiger charge is -2.10. The first kappa shape index (κ1) is 17.0. The average Bonchev–Trinajstić information content (AvgIpc) is 2.40. The number of carboxylic acid groups (broad SMARTS) is 1. The summed E-state index contributed by atoms with van der Waals surface area (Å²) in [4.78, 5) is 22.7. The highest BCUT2D eigenvalue weighted by Crippen LogP contribution is 2.15. The lowest BCUT2D eigenvalue weighted by molar-refractivity contribution is 0.0696. The third kappa shape index (κ3) is 6.29. The summed E-state index contributed by atoms with van der Waals surface area (Å²) >= 11 is 0. The van der Waals surface area contributed by atoms with E-state index in [1.165, 1.54) is 6.07 Å². The lowest BCUT2D eigenvalue weighted by Crippen LogP contribution is -2.29. The summed E-state index contributed by atoms with van der Waals surface area (Å²) < 4.78 is 0. The van der Waals surface area contributed by atoms with Gasteiger partial charge in [-0.05, 0) is 37.0 Å². The van der Waals surface area contributed by atoms with Gasteiger partial charge < -0.3 is 15.7 Å². The normalized spacial score (nSPS) is 10.5. The molecule has 0 fully saturated rings. The second kappa shape index (κ2) is 8.29. The van der Waals surface area contributed by atoms with Gasteiger partial charge in [-0.25, -0.2) is 9.59 Å². The second-order valence-corrected chi connectivity index (χ2v) is 5.61. The molecule has 0 aliphatic rings. The van der Waals surface area contributed by atoms with Crippen molar-refractivity contribution in [2.24, 2.45) is 5.92 Å². The fraction of sp³-hybridized carbons (Fsp3) is 0.500. The van der Waals surface area contributed by atoms with Crippen LogP contribution >= 0.6 is 0 Å². The fourth-order valence-electron chi connectivity index (χ4n) is 1.98. The van der Waals surface area contributed by atoms with Gasteiger partial charge in [-0.15, -0.1) is 0 Å². The minimum absolute atomic E-state index is 0.199. The molecular formula is C16H24N2O3. The zero-order valence-corrected chi connectivity index (χ0v) is 12.9. The summed E-state index contributed by atoms with van der Waals surface area (Å²) in [6, 6.07) is 4.54. The van der Waals surface area contributed by atoms with E-state index in [9.17, 15) is 9.59 Å². The monoisotopic (exact) mass is 292 g/mol. The number of rotatable bonds is 7. The number of amides is 2. The van der Waals surface area contributed by atoms with Gasteiger partial charge >= 0.3 is 12.0 Å². The molecule has 0 bridgehead atoms. The molecule has 0 aliphatic heterocycles. The van der Waals surface area contributed by atoms with Crippen LogP contribution in [0.15, 0.2) is 18.2 Å². The van der Waals surface area contributed by atoms with Crippen LogP contribution in [0.25, 0.3) is 0 Å². The Bertz CT molecular complexity index is 498. The van der Waals surface area contributed by atoms with E-state index >= 15 is 0 Å². The van der Waals surface area contributed by atoms with Gasteiger partial charge in [0.1, 0.15) is 0 Å². The molecule has 0 saturated heterocycles. The number of carbonyl (C=O) groups is 2. The first-order valence-electron chi connectivity index (χ1n) is 7.29. The Morgan fingerprint density at radius 3 is 2.57 bits per heavy atom. The second-order valence-electron chi connectivity index (χ2n) is 5.61. The lowest BCUT2D eigenvalue weighted by atomic mass is 10.1. The summed E-state index contributed by atoms with van der Waals surface area (Å²) in [6.45, 7) is 6.70. The molecule has 3 N–H and O–H groups in total. The quantitative estimate of drug-likeness (QED) is 0.671.